The number of methoxy groups -OCH3 is 2. The summed E-state index contributed by atoms with van der Waals surface area (Å²) < 4.78 is 34.4. The van der Waals surface area contributed by atoms with Crippen molar-refractivity contribution in [3.63, 3.8) is 0 Å². The highest BCUT2D eigenvalue weighted by molar-refractivity contribution is 7.84. The highest BCUT2D eigenvalue weighted by atomic mass is 32.2. The van der Waals surface area contributed by atoms with Crippen LogP contribution in [0.15, 0.2) is 50.3 Å². The Hall–Kier alpha value is -2.54. The number of furan rings is 1. The maximum absolute atomic E-state index is 12.9. The van der Waals surface area contributed by atoms with E-state index in [9.17, 15) is 4.21 Å². The zero-order valence-electron chi connectivity index (χ0n) is 13.6. The monoisotopic (exact) mass is 347 g/mol. The second kappa shape index (κ2) is 6.92. The van der Waals surface area contributed by atoms with E-state index in [-0.39, 0.29) is 5.75 Å². The van der Waals surface area contributed by atoms with Crippen LogP contribution >= 0.6 is 0 Å². The molecule has 0 N–H and O–H groups in total. The van der Waals surface area contributed by atoms with Gasteiger partial charge in [-0.25, -0.2) is 4.98 Å². The molecular weight excluding hydrogens is 330 g/mol. The highest BCUT2D eigenvalue weighted by Gasteiger charge is 2.21. The lowest BCUT2D eigenvalue weighted by Crippen LogP contribution is -2.03. The van der Waals surface area contributed by atoms with Crippen LogP contribution in [0.4, 0.5) is 0 Å². The summed E-state index contributed by atoms with van der Waals surface area (Å²) in [6.07, 6.45) is 1.55. The predicted octanol–water partition coefficient (Wildman–Crippen LogP) is 3.57. The van der Waals surface area contributed by atoms with E-state index >= 15 is 0 Å². The normalized spacial score (nSPS) is 12.1. The fourth-order valence-corrected chi connectivity index (χ4v) is 3.72. The fourth-order valence-electron chi connectivity index (χ4n) is 2.31. The smallest absolute Gasteiger partial charge is 0.263 e. The van der Waals surface area contributed by atoms with E-state index < -0.39 is 10.8 Å². The summed E-state index contributed by atoms with van der Waals surface area (Å²) in [5.41, 5.74) is 0.604. The van der Waals surface area contributed by atoms with Crippen LogP contribution in [-0.2, 0) is 16.6 Å². The molecule has 0 saturated carbocycles. The summed E-state index contributed by atoms with van der Waals surface area (Å²) in [4.78, 5) is 4.90. The van der Waals surface area contributed by atoms with Gasteiger partial charge in [0.15, 0.2) is 5.76 Å². The van der Waals surface area contributed by atoms with E-state index in [1.165, 1.54) is 14.2 Å². The molecule has 7 heteroatoms. The first-order valence-electron chi connectivity index (χ1n) is 7.23. The molecule has 6 nitrogen and oxygen atoms in total. The molecule has 0 aliphatic carbocycles. The molecule has 1 aromatic carbocycles. The zero-order chi connectivity index (χ0) is 17.1. The molecule has 3 aromatic rings. The largest absolute Gasteiger partial charge is 0.495 e. The second-order valence-corrected chi connectivity index (χ2v) is 6.37. The number of oxazole rings is 1. The van der Waals surface area contributed by atoms with E-state index in [2.05, 4.69) is 4.98 Å². The third kappa shape index (κ3) is 3.07. The Balaban J connectivity index is 1.91. The number of hydrogen-bond donors (Lipinski definition) is 0. The molecule has 1 atom stereocenters. The van der Waals surface area contributed by atoms with E-state index in [1.54, 1.807) is 43.5 Å². The standard InChI is InChI=1S/C17H17NO5S/c1-11-12(18-17(23-11)15-8-5-9-22-15)10-24(19)16-13(20-2)6-4-7-14(16)21-3/h4-9H,10H2,1-3H3/t24-/m0/s1. The van der Waals surface area contributed by atoms with Crippen molar-refractivity contribution >= 4 is 10.8 Å². The number of rotatable bonds is 6. The lowest BCUT2D eigenvalue weighted by Gasteiger charge is -2.11. The first-order valence-corrected chi connectivity index (χ1v) is 8.55. The van der Waals surface area contributed by atoms with Gasteiger partial charge in [-0.3, -0.25) is 4.21 Å². The quantitative estimate of drug-likeness (QED) is 0.679. The van der Waals surface area contributed by atoms with Crippen molar-refractivity contribution in [1.82, 2.24) is 4.98 Å². The van der Waals surface area contributed by atoms with Gasteiger partial charge in [0.25, 0.3) is 5.89 Å². The van der Waals surface area contributed by atoms with Gasteiger partial charge in [0.05, 0.1) is 42.7 Å². The van der Waals surface area contributed by atoms with Crippen molar-refractivity contribution in [3.05, 3.63) is 48.0 Å². The highest BCUT2D eigenvalue weighted by Crippen LogP contribution is 2.33. The number of benzene rings is 1. The average molecular weight is 347 g/mol. The van der Waals surface area contributed by atoms with Crippen molar-refractivity contribution in [2.24, 2.45) is 0 Å². The van der Waals surface area contributed by atoms with Crippen LogP contribution in [0.3, 0.4) is 0 Å². The molecule has 0 amide bonds. The number of aryl methyl sites for hydroxylation is 1. The summed E-state index contributed by atoms with van der Waals surface area (Å²) in [5, 5.41) is 0. The van der Waals surface area contributed by atoms with Crippen LogP contribution in [0.5, 0.6) is 11.5 Å². The molecule has 3 rings (SSSR count). The maximum Gasteiger partial charge on any atom is 0.263 e. The van der Waals surface area contributed by atoms with Crippen molar-refractivity contribution in [2.45, 2.75) is 17.6 Å². The minimum atomic E-state index is -1.40. The van der Waals surface area contributed by atoms with E-state index in [0.717, 1.165) is 0 Å². The van der Waals surface area contributed by atoms with Gasteiger partial charge in [-0.2, -0.15) is 0 Å². The minimum absolute atomic E-state index is 0.187. The predicted molar refractivity (Wildman–Crippen MR) is 88.6 cm³/mol. The Labute approximate surface area is 141 Å². The van der Waals surface area contributed by atoms with Crippen LogP contribution in [0.1, 0.15) is 11.5 Å². The van der Waals surface area contributed by atoms with Gasteiger partial charge in [0.2, 0.25) is 0 Å². The maximum atomic E-state index is 12.9. The SMILES string of the molecule is COc1cccc(OC)c1[S@@](=O)Cc1nc(-c2ccco2)oc1C. The van der Waals surface area contributed by atoms with Gasteiger partial charge < -0.3 is 18.3 Å². The number of ether oxygens (including phenoxy) is 2. The van der Waals surface area contributed by atoms with Crippen molar-refractivity contribution in [1.29, 1.82) is 0 Å². The van der Waals surface area contributed by atoms with Crippen LogP contribution in [0, 0.1) is 6.92 Å². The number of hydrogen-bond acceptors (Lipinski definition) is 6. The lowest BCUT2D eigenvalue weighted by atomic mass is 10.3. The molecule has 2 aromatic heterocycles. The molecule has 0 aliphatic heterocycles. The van der Waals surface area contributed by atoms with E-state index in [1.807, 2.05) is 0 Å². The topological polar surface area (TPSA) is 74.7 Å². The summed E-state index contributed by atoms with van der Waals surface area (Å²) >= 11 is 0. The fraction of sp³-hybridized carbons (Fsp3) is 0.235. The Morgan fingerprint density at radius 3 is 2.42 bits per heavy atom. The van der Waals surface area contributed by atoms with Crippen molar-refractivity contribution < 1.29 is 22.5 Å². The van der Waals surface area contributed by atoms with Crippen molar-refractivity contribution in [3.8, 4) is 23.1 Å². The molecule has 0 radical (unpaired) electrons. The van der Waals surface area contributed by atoms with E-state index in [4.69, 9.17) is 18.3 Å². The molecule has 0 aliphatic rings. The summed E-state index contributed by atoms with van der Waals surface area (Å²) in [5.74, 6) is 2.72. The number of nitrogens with zero attached hydrogens (tertiary/aromatic N) is 1. The van der Waals surface area contributed by atoms with Crippen LogP contribution in [0.2, 0.25) is 0 Å². The Morgan fingerprint density at radius 2 is 1.83 bits per heavy atom. The third-order valence-electron chi connectivity index (χ3n) is 3.50. The Kier molecular flexibility index (Phi) is 4.71. The molecular formula is C17H17NO5S. The van der Waals surface area contributed by atoms with Gasteiger partial charge in [-0.15, -0.1) is 0 Å². The first-order chi connectivity index (χ1) is 11.6. The molecule has 24 heavy (non-hydrogen) atoms. The van der Waals surface area contributed by atoms with Crippen LogP contribution in [-0.4, -0.2) is 23.4 Å². The Bertz CT molecular complexity index is 832. The third-order valence-corrected chi connectivity index (χ3v) is 4.90. The second-order valence-electron chi connectivity index (χ2n) is 4.98. The van der Waals surface area contributed by atoms with Gasteiger partial charge >= 0.3 is 0 Å². The van der Waals surface area contributed by atoms with Gasteiger partial charge in [-0.1, -0.05) is 6.07 Å². The van der Waals surface area contributed by atoms with Crippen LogP contribution < -0.4 is 9.47 Å². The minimum Gasteiger partial charge on any atom is -0.495 e. The molecule has 2 heterocycles. The van der Waals surface area contributed by atoms with Gasteiger partial charge in [0, 0.05) is 0 Å². The summed E-state index contributed by atoms with van der Waals surface area (Å²) in [6.45, 7) is 1.78. The molecule has 0 bridgehead atoms. The van der Waals surface area contributed by atoms with Gasteiger partial charge in [-0.05, 0) is 31.2 Å². The molecule has 0 fully saturated rings. The molecule has 126 valence electrons. The van der Waals surface area contributed by atoms with Gasteiger partial charge in [0.1, 0.15) is 22.2 Å². The number of aromatic nitrogens is 1. The van der Waals surface area contributed by atoms with Crippen LogP contribution in [0.25, 0.3) is 11.7 Å². The lowest BCUT2D eigenvalue weighted by molar-refractivity contribution is 0.375. The van der Waals surface area contributed by atoms with E-state index in [0.29, 0.717) is 39.5 Å². The summed E-state index contributed by atoms with van der Waals surface area (Å²) in [6, 6.07) is 8.80. The average Bonchev–Trinajstić information content (AvgIpc) is 3.24. The molecule has 0 unspecified atom stereocenters. The first kappa shape index (κ1) is 16.3. The summed E-state index contributed by atoms with van der Waals surface area (Å²) in [7, 11) is 1.66. The molecule has 0 saturated heterocycles. The zero-order valence-corrected chi connectivity index (χ0v) is 14.4. The Morgan fingerprint density at radius 1 is 1.12 bits per heavy atom. The van der Waals surface area contributed by atoms with Crippen molar-refractivity contribution in [2.75, 3.05) is 14.2 Å². The molecule has 0 spiro atoms.